The lowest BCUT2D eigenvalue weighted by atomic mass is 9.91. The van der Waals surface area contributed by atoms with Crippen LogP contribution in [-0.4, -0.2) is 45.2 Å². The van der Waals surface area contributed by atoms with E-state index in [1.165, 1.54) is 0 Å². The standard InChI is InChI=1S/C17H20F3N3O/c18-17(19,20)16(24)14-6-8-22(9-7-14)11-13-10-21-23(12-13)15-4-2-1-3-5-15/h1-5,10,12,14,16,24H,6-9,11H2. The fourth-order valence-electron chi connectivity index (χ4n) is 3.12. The largest absolute Gasteiger partial charge is 0.414 e. The Morgan fingerprint density at radius 2 is 1.83 bits per heavy atom. The molecule has 0 spiro atoms. The minimum Gasteiger partial charge on any atom is -0.383 e. The molecule has 4 nitrogen and oxygen atoms in total. The highest BCUT2D eigenvalue weighted by atomic mass is 19.4. The van der Waals surface area contributed by atoms with Crippen LogP contribution in [-0.2, 0) is 6.54 Å². The molecule has 0 saturated carbocycles. The molecule has 0 bridgehead atoms. The fraction of sp³-hybridized carbons (Fsp3) is 0.471. The van der Waals surface area contributed by atoms with Crippen molar-refractivity contribution in [1.82, 2.24) is 14.7 Å². The number of nitrogens with zero attached hydrogens (tertiary/aromatic N) is 3. The molecule has 1 aliphatic heterocycles. The summed E-state index contributed by atoms with van der Waals surface area (Å²) in [5.74, 6) is -0.701. The molecule has 1 aliphatic rings. The van der Waals surface area contributed by atoms with Crippen molar-refractivity contribution in [1.29, 1.82) is 0 Å². The van der Waals surface area contributed by atoms with Crippen LogP contribution >= 0.6 is 0 Å². The SMILES string of the molecule is OC(C1CCN(Cc2cnn(-c3ccccc3)c2)CC1)C(F)(F)F. The van der Waals surface area contributed by atoms with Gasteiger partial charge in [-0.2, -0.15) is 18.3 Å². The third-order valence-corrected chi connectivity index (χ3v) is 4.48. The van der Waals surface area contributed by atoms with Gasteiger partial charge in [-0.15, -0.1) is 0 Å². The summed E-state index contributed by atoms with van der Waals surface area (Å²) in [7, 11) is 0. The van der Waals surface area contributed by atoms with Crippen LogP contribution in [0.4, 0.5) is 13.2 Å². The summed E-state index contributed by atoms with van der Waals surface area (Å²) in [6, 6.07) is 9.73. The van der Waals surface area contributed by atoms with Gasteiger partial charge in [0.1, 0.15) is 0 Å². The molecule has 1 unspecified atom stereocenters. The van der Waals surface area contributed by atoms with Crippen LogP contribution in [0.3, 0.4) is 0 Å². The van der Waals surface area contributed by atoms with Gasteiger partial charge in [-0.25, -0.2) is 4.68 Å². The van der Waals surface area contributed by atoms with E-state index >= 15 is 0 Å². The average Bonchev–Trinajstić information content (AvgIpc) is 3.03. The van der Waals surface area contributed by atoms with E-state index in [0.29, 0.717) is 32.5 Å². The van der Waals surface area contributed by atoms with Crippen molar-refractivity contribution in [2.75, 3.05) is 13.1 Å². The zero-order valence-corrected chi connectivity index (χ0v) is 13.2. The third-order valence-electron chi connectivity index (χ3n) is 4.48. The van der Waals surface area contributed by atoms with Crippen molar-refractivity contribution in [2.24, 2.45) is 5.92 Å². The van der Waals surface area contributed by atoms with Gasteiger partial charge in [0, 0.05) is 18.3 Å². The molecule has 0 aliphatic carbocycles. The number of halogens is 3. The van der Waals surface area contributed by atoms with Crippen molar-refractivity contribution in [3.05, 3.63) is 48.3 Å². The fourth-order valence-corrected chi connectivity index (χ4v) is 3.12. The van der Waals surface area contributed by atoms with Gasteiger partial charge in [0.25, 0.3) is 0 Å². The number of rotatable bonds is 4. The van der Waals surface area contributed by atoms with Crippen LogP contribution in [0.5, 0.6) is 0 Å². The number of benzene rings is 1. The second kappa shape index (κ2) is 6.94. The Balaban J connectivity index is 1.55. The number of piperidine rings is 1. The normalized spacial score (nSPS) is 18.7. The Labute approximate surface area is 138 Å². The summed E-state index contributed by atoms with van der Waals surface area (Å²) >= 11 is 0. The Kier molecular flexibility index (Phi) is 4.91. The molecule has 3 rings (SSSR count). The summed E-state index contributed by atoms with van der Waals surface area (Å²) < 4.78 is 39.5. The van der Waals surface area contributed by atoms with Gasteiger partial charge in [-0.05, 0) is 44.0 Å². The van der Waals surface area contributed by atoms with E-state index in [0.717, 1.165) is 11.3 Å². The second-order valence-electron chi connectivity index (χ2n) is 6.23. The maximum absolute atomic E-state index is 12.6. The summed E-state index contributed by atoms with van der Waals surface area (Å²) in [5, 5.41) is 13.7. The van der Waals surface area contributed by atoms with Gasteiger partial charge < -0.3 is 5.11 Å². The van der Waals surface area contributed by atoms with Crippen molar-refractivity contribution in [3.63, 3.8) is 0 Å². The smallest absolute Gasteiger partial charge is 0.383 e. The quantitative estimate of drug-likeness (QED) is 0.931. The molecule has 1 atom stereocenters. The minimum atomic E-state index is -4.52. The van der Waals surface area contributed by atoms with Crippen LogP contribution in [0.15, 0.2) is 42.7 Å². The molecule has 7 heteroatoms. The lowest BCUT2D eigenvalue weighted by molar-refractivity contribution is -0.223. The average molecular weight is 339 g/mol. The van der Waals surface area contributed by atoms with Crippen LogP contribution < -0.4 is 0 Å². The van der Waals surface area contributed by atoms with Crippen molar-refractivity contribution >= 4 is 0 Å². The molecule has 1 aromatic carbocycles. The van der Waals surface area contributed by atoms with E-state index in [1.807, 2.05) is 36.5 Å². The Hall–Kier alpha value is -1.86. The van der Waals surface area contributed by atoms with E-state index in [4.69, 9.17) is 0 Å². The van der Waals surface area contributed by atoms with Crippen molar-refractivity contribution in [3.8, 4) is 5.69 Å². The lowest BCUT2D eigenvalue weighted by Gasteiger charge is -2.34. The molecule has 1 N–H and O–H groups in total. The van der Waals surface area contributed by atoms with Gasteiger partial charge in [-0.1, -0.05) is 18.2 Å². The van der Waals surface area contributed by atoms with Crippen LogP contribution in [0.1, 0.15) is 18.4 Å². The Bertz CT molecular complexity index is 649. The minimum absolute atomic E-state index is 0.355. The van der Waals surface area contributed by atoms with Gasteiger partial charge >= 0.3 is 6.18 Å². The zero-order valence-electron chi connectivity index (χ0n) is 13.2. The molecule has 0 amide bonds. The zero-order chi connectivity index (χ0) is 17.2. The van der Waals surface area contributed by atoms with Gasteiger partial charge in [0.15, 0.2) is 6.10 Å². The predicted octanol–water partition coefficient (Wildman–Crippen LogP) is 3.01. The molecule has 1 aromatic heterocycles. The summed E-state index contributed by atoms with van der Waals surface area (Å²) in [4.78, 5) is 2.10. The molecule has 1 saturated heterocycles. The van der Waals surface area contributed by atoms with E-state index in [2.05, 4.69) is 10.00 Å². The molecular weight excluding hydrogens is 319 g/mol. The molecule has 2 heterocycles. The number of aliphatic hydroxyl groups is 1. The monoisotopic (exact) mass is 339 g/mol. The summed E-state index contributed by atoms with van der Waals surface area (Å²) in [5.41, 5.74) is 1.99. The summed E-state index contributed by atoms with van der Waals surface area (Å²) in [6.07, 6.45) is -2.30. The van der Waals surface area contributed by atoms with Crippen molar-refractivity contribution in [2.45, 2.75) is 31.7 Å². The maximum atomic E-state index is 12.6. The highest BCUT2D eigenvalue weighted by Gasteiger charge is 2.44. The number of hydrogen-bond donors (Lipinski definition) is 1. The van der Waals surface area contributed by atoms with Crippen molar-refractivity contribution < 1.29 is 18.3 Å². The van der Waals surface area contributed by atoms with Crippen LogP contribution in [0.2, 0.25) is 0 Å². The van der Waals surface area contributed by atoms with Crippen LogP contribution in [0.25, 0.3) is 5.69 Å². The highest BCUT2D eigenvalue weighted by Crippen LogP contribution is 2.31. The number of aliphatic hydroxyl groups excluding tert-OH is 1. The first-order chi connectivity index (χ1) is 11.4. The first-order valence-electron chi connectivity index (χ1n) is 7.99. The number of alkyl halides is 3. The molecule has 130 valence electrons. The summed E-state index contributed by atoms with van der Waals surface area (Å²) in [6.45, 7) is 1.75. The predicted molar refractivity (Wildman–Crippen MR) is 83.6 cm³/mol. The van der Waals surface area contributed by atoms with E-state index in [-0.39, 0.29) is 0 Å². The molecular formula is C17H20F3N3O. The van der Waals surface area contributed by atoms with E-state index < -0.39 is 18.2 Å². The third kappa shape index (κ3) is 3.96. The Morgan fingerprint density at radius 1 is 1.17 bits per heavy atom. The first kappa shape index (κ1) is 17.0. The molecule has 2 aromatic rings. The van der Waals surface area contributed by atoms with E-state index in [1.54, 1.807) is 10.9 Å². The number of hydrogen-bond acceptors (Lipinski definition) is 3. The molecule has 0 radical (unpaired) electrons. The molecule has 1 fully saturated rings. The lowest BCUT2D eigenvalue weighted by Crippen LogP contribution is -2.43. The topological polar surface area (TPSA) is 41.3 Å². The molecule has 24 heavy (non-hydrogen) atoms. The Morgan fingerprint density at radius 3 is 2.46 bits per heavy atom. The van der Waals surface area contributed by atoms with Gasteiger partial charge in [0.05, 0.1) is 11.9 Å². The van der Waals surface area contributed by atoms with Gasteiger partial charge in [-0.3, -0.25) is 4.90 Å². The number of aromatic nitrogens is 2. The van der Waals surface area contributed by atoms with Crippen LogP contribution in [0, 0.1) is 5.92 Å². The van der Waals surface area contributed by atoms with E-state index in [9.17, 15) is 18.3 Å². The first-order valence-corrected chi connectivity index (χ1v) is 7.99. The number of likely N-dealkylation sites (tertiary alicyclic amines) is 1. The second-order valence-corrected chi connectivity index (χ2v) is 6.23. The highest BCUT2D eigenvalue weighted by molar-refractivity contribution is 5.30. The number of para-hydroxylation sites is 1. The van der Waals surface area contributed by atoms with Gasteiger partial charge in [0.2, 0.25) is 0 Å². The maximum Gasteiger partial charge on any atom is 0.414 e.